The summed E-state index contributed by atoms with van der Waals surface area (Å²) >= 11 is 0. The lowest BCUT2D eigenvalue weighted by Crippen LogP contribution is -2.22. The minimum absolute atomic E-state index is 0.485. The Bertz CT molecular complexity index is 604. The second-order valence-corrected chi connectivity index (χ2v) is 5.17. The van der Waals surface area contributed by atoms with Crippen LogP contribution in [0.2, 0.25) is 0 Å². The van der Waals surface area contributed by atoms with Crippen molar-refractivity contribution in [1.82, 2.24) is 4.90 Å². The van der Waals surface area contributed by atoms with Crippen LogP contribution in [0.3, 0.4) is 0 Å². The molecule has 19 heavy (non-hydrogen) atoms. The molecular weight excluding hydrogens is 232 g/mol. The molecule has 0 spiro atoms. The summed E-state index contributed by atoms with van der Waals surface area (Å²) in [6.07, 6.45) is 0. The molecule has 94 valence electrons. The Morgan fingerprint density at radius 2 is 1.53 bits per heavy atom. The van der Waals surface area contributed by atoms with Gasteiger partial charge in [-0.15, -0.1) is 0 Å². The molecule has 2 aromatic rings. The molecule has 2 aliphatic rings. The van der Waals surface area contributed by atoms with Gasteiger partial charge in [0.15, 0.2) is 0 Å². The standard InChI is InChI=1S/C17H16N2/c1-3-7-13(8-4-1)15-17-16(19(17)12-11-18-15)14-9-5-2-6-10-14/h1-10,16-17H,11-12H2/t16-,17+,19?/m0/s1. The molecule has 0 radical (unpaired) electrons. The third-order valence-electron chi connectivity index (χ3n) is 4.06. The number of fused-ring (bicyclic) bond motifs is 1. The lowest BCUT2D eigenvalue weighted by Gasteiger charge is -2.11. The Morgan fingerprint density at radius 3 is 2.26 bits per heavy atom. The number of aliphatic imine (C=N–C) groups is 1. The highest BCUT2D eigenvalue weighted by molar-refractivity contribution is 6.07. The average Bonchev–Trinajstić information content (AvgIpc) is 3.23. The zero-order chi connectivity index (χ0) is 12.7. The fraction of sp³-hybridized carbons (Fsp3) is 0.235. The molecule has 1 saturated heterocycles. The van der Waals surface area contributed by atoms with Crippen molar-refractivity contribution < 1.29 is 0 Å². The van der Waals surface area contributed by atoms with E-state index in [-0.39, 0.29) is 0 Å². The number of nitrogens with zero attached hydrogens (tertiary/aromatic N) is 2. The molecule has 0 saturated carbocycles. The van der Waals surface area contributed by atoms with E-state index in [9.17, 15) is 0 Å². The summed E-state index contributed by atoms with van der Waals surface area (Å²) in [5.74, 6) is 0. The van der Waals surface area contributed by atoms with Crippen LogP contribution in [0, 0.1) is 0 Å². The number of hydrogen-bond acceptors (Lipinski definition) is 2. The molecule has 4 rings (SSSR count). The molecule has 0 aliphatic carbocycles. The Balaban J connectivity index is 1.67. The van der Waals surface area contributed by atoms with Gasteiger partial charge in [0.25, 0.3) is 0 Å². The predicted molar refractivity (Wildman–Crippen MR) is 77.5 cm³/mol. The highest BCUT2D eigenvalue weighted by atomic mass is 15.4. The highest BCUT2D eigenvalue weighted by Crippen LogP contribution is 2.46. The van der Waals surface area contributed by atoms with Crippen molar-refractivity contribution in [2.45, 2.75) is 12.1 Å². The maximum atomic E-state index is 4.77. The quantitative estimate of drug-likeness (QED) is 0.746. The minimum atomic E-state index is 0.485. The van der Waals surface area contributed by atoms with Gasteiger partial charge in [-0.1, -0.05) is 60.7 Å². The lowest BCUT2D eigenvalue weighted by molar-refractivity contribution is 0.502. The van der Waals surface area contributed by atoms with Crippen LogP contribution in [0.5, 0.6) is 0 Å². The molecule has 2 heterocycles. The summed E-state index contributed by atoms with van der Waals surface area (Å²) < 4.78 is 0. The van der Waals surface area contributed by atoms with E-state index in [2.05, 4.69) is 65.6 Å². The van der Waals surface area contributed by atoms with E-state index in [0.717, 1.165) is 13.1 Å². The summed E-state index contributed by atoms with van der Waals surface area (Å²) in [6.45, 7) is 2.00. The second kappa shape index (κ2) is 4.32. The normalized spacial score (nSPS) is 28.4. The average molecular weight is 248 g/mol. The molecule has 0 N–H and O–H groups in total. The smallest absolute Gasteiger partial charge is 0.0728 e. The van der Waals surface area contributed by atoms with Crippen LogP contribution in [0.15, 0.2) is 65.7 Å². The SMILES string of the molecule is c1ccc(C2=NCCN3[C@H]2[C@@H]3c2ccccc2)cc1. The van der Waals surface area contributed by atoms with E-state index >= 15 is 0 Å². The largest absolute Gasteiger partial charge is 0.286 e. The maximum absolute atomic E-state index is 4.77. The topological polar surface area (TPSA) is 15.4 Å². The van der Waals surface area contributed by atoms with Crippen LogP contribution in [0.25, 0.3) is 0 Å². The van der Waals surface area contributed by atoms with Gasteiger partial charge in [0.05, 0.1) is 24.3 Å². The predicted octanol–water partition coefficient (Wildman–Crippen LogP) is 2.91. The molecule has 1 fully saturated rings. The highest BCUT2D eigenvalue weighted by Gasteiger charge is 2.52. The van der Waals surface area contributed by atoms with Crippen LogP contribution >= 0.6 is 0 Å². The molecular formula is C17H16N2. The molecule has 2 heteroatoms. The number of hydrogen-bond donors (Lipinski definition) is 0. The Morgan fingerprint density at radius 1 is 0.842 bits per heavy atom. The van der Waals surface area contributed by atoms with Gasteiger partial charge in [0.2, 0.25) is 0 Å². The van der Waals surface area contributed by atoms with Crippen LogP contribution < -0.4 is 0 Å². The fourth-order valence-corrected chi connectivity index (χ4v) is 3.14. The molecule has 0 bridgehead atoms. The van der Waals surface area contributed by atoms with E-state index in [1.54, 1.807) is 0 Å². The molecule has 0 amide bonds. The first-order valence-corrected chi connectivity index (χ1v) is 6.85. The van der Waals surface area contributed by atoms with Gasteiger partial charge in [0.1, 0.15) is 0 Å². The van der Waals surface area contributed by atoms with Gasteiger partial charge in [0, 0.05) is 6.54 Å². The Labute approximate surface area is 113 Å². The summed E-state index contributed by atoms with van der Waals surface area (Å²) in [4.78, 5) is 7.32. The summed E-state index contributed by atoms with van der Waals surface area (Å²) in [5, 5.41) is 0. The molecule has 3 atom stereocenters. The first-order chi connectivity index (χ1) is 9.45. The molecule has 0 aromatic heterocycles. The summed E-state index contributed by atoms with van der Waals surface area (Å²) in [7, 11) is 0. The van der Waals surface area contributed by atoms with E-state index < -0.39 is 0 Å². The van der Waals surface area contributed by atoms with Crippen molar-refractivity contribution in [3.8, 4) is 0 Å². The van der Waals surface area contributed by atoms with Gasteiger partial charge in [-0.25, -0.2) is 0 Å². The molecule has 2 aromatic carbocycles. The van der Waals surface area contributed by atoms with E-state index in [1.807, 2.05) is 0 Å². The third kappa shape index (κ3) is 1.80. The van der Waals surface area contributed by atoms with Gasteiger partial charge in [-0.3, -0.25) is 9.89 Å². The van der Waals surface area contributed by atoms with E-state index in [4.69, 9.17) is 4.99 Å². The van der Waals surface area contributed by atoms with Crippen LogP contribution in [0.4, 0.5) is 0 Å². The van der Waals surface area contributed by atoms with Gasteiger partial charge >= 0.3 is 0 Å². The van der Waals surface area contributed by atoms with Crippen molar-refractivity contribution in [3.63, 3.8) is 0 Å². The third-order valence-corrected chi connectivity index (χ3v) is 4.06. The first kappa shape index (κ1) is 10.9. The van der Waals surface area contributed by atoms with Crippen LogP contribution in [-0.2, 0) is 0 Å². The lowest BCUT2D eigenvalue weighted by atomic mass is 10.0. The van der Waals surface area contributed by atoms with Gasteiger partial charge in [-0.2, -0.15) is 0 Å². The molecule has 2 aliphatic heterocycles. The Kier molecular flexibility index (Phi) is 2.49. The first-order valence-electron chi connectivity index (χ1n) is 6.85. The maximum Gasteiger partial charge on any atom is 0.0728 e. The number of rotatable bonds is 2. The van der Waals surface area contributed by atoms with Gasteiger partial charge < -0.3 is 0 Å². The zero-order valence-electron chi connectivity index (χ0n) is 10.7. The minimum Gasteiger partial charge on any atom is -0.286 e. The molecule has 2 nitrogen and oxygen atoms in total. The van der Waals surface area contributed by atoms with Crippen molar-refractivity contribution in [1.29, 1.82) is 0 Å². The van der Waals surface area contributed by atoms with E-state index in [1.165, 1.54) is 16.8 Å². The second-order valence-electron chi connectivity index (χ2n) is 5.17. The zero-order valence-corrected chi connectivity index (χ0v) is 10.7. The monoisotopic (exact) mass is 248 g/mol. The number of benzene rings is 2. The van der Waals surface area contributed by atoms with Gasteiger partial charge in [-0.05, 0) is 11.1 Å². The van der Waals surface area contributed by atoms with Crippen molar-refractivity contribution in [2.75, 3.05) is 13.1 Å². The van der Waals surface area contributed by atoms with Crippen molar-refractivity contribution in [3.05, 3.63) is 71.8 Å². The molecule has 1 unspecified atom stereocenters. The van der Waals surface area contributed by atoms with Crippen molar-refractivity contribution >= 4 is 5.71 Å². The van der Waals surface area contributed by atoms with Crippen LogP contribution in [0.1, 0.15) is 17.2 Å². The fourth-order valence-electron chi connectivity index (χ4n) is 3.14. The summed E-state index contributed by atoms with van der Waals surface area (Å²) in [6, 6.07) is 22.4. The van der Waals surface area contributed by atoms with Crippen molar-refractivity contribution in [2.24, 2.45) is 4.99 Å². The van der Waals surface area contributed by atoms with Crippen LogP contribution in [-0.4, -0.2) is 29.7 Å². The summed E-state index contributed by atoms with van der Waals surface area (Å²) in [5.41, 5.74) is 3.95. The van der Waals surface area contributed by atoms with E-state index in [0.29, 0.717) is 12.1 Å². The Hall–Kier alpha value is -1.93.